The molecule has 18 heavy (non-hydrogen) atoms. The molecule has 94 valence electrons. The predicted molar refractivity (Wildman–Crippen MR) is 74.5 cm³/mol. The van der Waals surface area contributed by atoms with Crippen LogP contribution in [0.1, 0.15) is 24.6 Å². The van der Waals surface area contributed by atoms with Crippen molar-refractivity contribution in [1.82, 2.24) is 9.97 Å². The van der Waals surface area contributed by atoms with E-state index < -0.39 is 0 Å². The fourth-order valence-corrected chi connectivity index (χ4v) is 1.73. The van der Waals surface area contributed by atoms with Gasteiger partial charge in [0.25, 0.3) is 0 Å². The molecule has 2 rings (SSSR count). The molecule has 3 N–H and O–H groups in total. The smallest absolute Gasteiger partial charge is 0.224 e. The van der Waals surface area contributed by atoms with Crippen LogP contribution in [0.3, 0.4) is 0 Å². The summed E-state index contributed by atoms with van der Waals surface area (Å²) in [4.78, 5) is 8.63. The Morgan fingerprint density at radius 2 is 1.94 bits per heavy atom. The highest BCUT2D eigenvalue weighted by atomic mass is 15.1. The van der Waals surface area contributed by atoms with Crippen LogP contribution in [-0.2, 0) is 6.42 Å². The van der Waals surface area contributed by atoms with Gasteiger partial charge in [0.15, 0.2) is 0 Å². The van der Waals surface area contributed by atoms with Gasteiger partial charge >= 0.3 is 0 Å². The number of anilines is 2. The first-order valence-electron chi connectivity index (χ1n) is 6.19. The second kappa shape index (κ2) is 6.00. The van der Waals surface area contributed by atoms with Crippen LogP contribution >= 0.6 is 0 Å². The van der Waals surface area contributed by atoms with E-state index in [1.54, 1.807) is 0 Å². The lowest BCUT2D eigenvalue weighted by molar-refractivity contribution is 0.939. The van der Waals surface area contributed by atoms with Crippen molar-refractivity contribution in [3.63, 3.8) is 0 Å². The van der Waals surface area contributed by atoms with Crippen LogP contribution in [-0.4, -0.2) is 16.5 Å². The zero-order chi connectivity index (χ0) is 12.8. The van der Waals surface area contributed by atoms with Crippen molar-refractivity contribution < 1.29 is 0 Å². The van der Waals surface area contributed by atoms with E-state index in [0.717, 1.165) is 25.1 Å². The number of benzene rings is 1. The fraction of sp³-hybridized carbons (Fsp3) is 0.286. The number of nitrogens with one attached hydrogen (secondary N) is 1. The quantitative estimate of drug-likeness (QED) is 0.845. The van der Waals surface area contributed by atoms with Gasteiger partial charge in [-0.05, 0) is 12.0 Å². The summed E-state index contributed by atoms with van der Waals surface area (Å²) in [6.45, 7) is 2.96. The molecule has 0 aliphatic rings. The first-order valence-corrected chi connectivity index (χ1v) is 6.19. The summed E-state index contributed by atoms with van der Waals surface area (Å²) in [7, 11) is 0. The monoisotopic (exact) mass is 242 g/mol. The highest BCUT2D eigenvalue weighted by Crippen LogP contribution is 2.12. The van der Waals surface area contributed by atoms with Crippen LogP contribution in [0.2, 0.25) is 0 Å². The lowest BCUT2D eigenvalue weighted by Gasteiger charge is -2.07. The first kappa shape index (κ1) is 12.4. The van der Waals surface area contributed by atoms with Crippen LogP contribution in [0, 0.1) is 0 Å². The van der Waals surface area contributed by atoms with Crippen LogP contribution in [0.25, 0.3) is 0 Å². The number of nitrogens with two attached hydrogens (primary N) is 1. The fourth-order valence-electron chi connectivity index (χ4n) is 1.73. The van der Waals surface area contributed by atoms with Gasteiger partial charge in [0.1, 0.15) is 5.82 Å². The van der Waals surface area contributed by atoms with Crippen molar-refractivity contribution in [1.29, 1.82) is 0 Å². The van der Waals surface area contributed by atoms with Gasteiger partial charge in [-0.25, -0.2) is 4.98 Å². The molecule has 0 amide bonds. The summed E-state index contributed by atoms with van der Waals surface area (Å²) in [5, 5.41) is 3.16. The van der Waals surface area contributed by atoms with Gasteiger partial charge in [-0.1, -0.05) is 37.3 Å². The zero-order valence-corrected chi connectivity index (χ0v) is 10.6. The molecule has 0 saturated carbocycles. The number of hydrogen-bond acceptors (Lipinski definition) is 4. The van der Waals surface area contributed by atoms with Gasteiger partial charge in [-0.2, -0.15) is 4.98 Å². The van der Waals surface area contributed by atoms with E-state index in [2.05, 4.69) is 34.3 Å². The Balaban J connectivity index is 2.15. The molecule has 0 aliphatic heterocycles. The lowest BCUT2D eigenvalue weighted by atomic mass is 10.1. The maximum Gasteiger partial charge on any atom is 0.224 e. The van der Waals surface area contributed by atoms with Gasteiger partial charge in [-0.15, -0.1) is 0 Å². The first-order chi connectivity index (χ1) is 8.78. The summed E-state index contributed by atoms with van der Waals surface area (Å²) in [5.74, 6) is 1.12. The van der Waals surface area contributed by atoms with Gasteiger partial charge < -0.3 is 11.1 Å². The number of hydrogen-bond donors (Lipinski definition) is 2. The average molecular weight is 242 g/mol. The van der Waals surface area contributed by atoms with E-state index in [9.17, 15) is 0 Å². The summed E-state index contributed by atoms with van der Waals surface area (Å²) in [6.07, 6.45) is 1.81. The third kappa shape index (κ3) is 3.45. The summed E-state index contributed by atoms with van der Waals surface area (Å²) in [5.41, 5.74) is 7.95. The number of nitrogens with zero attached hydrogens (tertiary/aromatic N) is 2. The molecule has 1 aromatic carbocycles. The molecule has 2 aromatic rings. The zero-order valence-electron chi connectivity index (χ0n) is 10.6. The third-order valence-corrected chi connectivity index (χ3v) is 2.56. The van der Waals surface area contributed by atoms with Crippen molar-refractivity contribution in [2.75, 3.05) is 17.6 Å². The normalized spacial score (nSPS) is 10.3. The highest BCUT2D eigenvalue weighted by Gasteiger charge is 2.03. The Labute approximate surface area is 107 Å². The molecule has 1 heterocycles. The van der Waals surface area contributed by atoms with Crippen molar-refractivity contribution in [2.24, 2.45) is 0 Å². The van der Waals surface area contributed by atoms with Crippen molar-refractivity contribution in [3.05, 3.63) is 47.7 Å². The van der Waals surface area contributed by atoms with Gasteiger partial charge in [0.05, 0.1) is 5.69 Å². The molecule has 0 aliphatic carbocycles. The van der Waals surface area contributed by atoms with Crippen LogP contribution < -0.4 is 11.1 Å². The summed E-state index contributed by atoms with van der Waals surface area (Å²) >= 11 is 0. The Morgan fingerprint density at radius 3 is 2.67 bits per heavy atom. The maximum atomic E-state index is 5.79. The van der Waals surface area contributed by atoms with Crippen LogP contribution in [0.15, 0.2) is 36.4 Å². The molecule has 0 bridgehead atoms. The molecule has 0 fully saturated rings. The van der Waals surface area contributed by atoms with E-state index in [4.69, 9.17) is 5.73 Å². The molecule has 4 heteroatoms. The minimum Gasteiger partial charge on any atom is -0.384 e. The van der Waals surface area contributed by atoms with E-state index in [0.29, 0.717) is 11.8 Å². The molecular weight excluding hydrogens is 224 g/mol. The Morgan fingerprint density at radius 1 is 1.17 bits per heavy atom. The van der Waals surface area contributed by atoms with Crippen LogP contribution in [0.5, 0.6) is 0 Å². The second-order valence-corrected chi connectivity index (χ2v) is 4.20. The number of aromatic nitrogens is 2. The number of nitrogen functional groups attached to an aromatic ring is 1. The molecule has 0 unspecified atom stereocenters. The number of rotatable bonds is 5. The second-order valence-electron chi connectivity index (χ2n) is 4.20. The van der Waals surface area contributed by atoms with Crippen molar-refractivity contribution in [3.8, 4) is 0 Å². The van der Waals surface area contributed by atoms with Crippen LogP contribution in [0.4, 0.5) is 11.8 Å². The Kier molecular flexibility index (Phi) is 4.12. The molecule has 0 saturated heterocycles. The van der Waals surface area contributed by atoms with Gasteiger partial charge in [0.2, 0.25) is 5.95 Å². The lowest BCUT2D eigenvalue weighted by Crippen LogP contribution is -2.08. The van der Waals surface area contributed by atoms with Gasteiger partial charge in [0, 0.05) is 19.0 Å². The SMILES string of the molecule is CCCNc1nc(N)cc(Cc2ccccc2)n1. The molecule has 1 aromatic heterocycles. The van der Waals surface area contributed by atoms with E-state index in [1.807, 2.05) is 24.3 Å². The Hall–Kier alpha value is -2.10. The summed E-state index contributed by atoms with van der Waals surface area (Å²) in [6, 6.07) is 12.0. The summed E-state index contributed by atoms with van der Waals surface area (Å²) < 4.78 is 0. The molecule has 0 atom stereocenters. The molecular formula is C14H18N4. The topological polar surface area (TPSA) is 63.8 Å². The minimum absolute atomic E-state index is 0.509. The molecule has 0 spiro atoms. The third-order valence-electron chi connectivity index (χ3n) is 2.56. The Bertz CT molecular complexity index is 496. The maximum absolute atomic E-state index is 5.79. The highest BCUT2D eigenvalue weighted by molar-refractivity contribution is 5.39. The predicted octanol–water partition coefficient (Wildman–Crippen LogP) is 2.47. The molecule has 4 nitrogen and oxygen atoms in total. The minimum atomic E-state index is 0.509. The molecule has 0 radical (unpaired) electrons. The van der Waals surface area contributed by atoms with E-state index in [-0.39, 0.29) is 0 Å². The van der Waals surface area contributed by atoms with Crippen molar-refractivity contribution in [2.45, 2.75) is 19.8 Å². The average Bonchev–Trinajstić information content (AvgIpc) is 2.37. The van der Waals surface area contributed by atoms with Gasteiger partial charge in [-0.3, -0.25) is 0 Å². The van der Waals surface area contributed by atoms with E-state index in [1.165, 1.54) is 5.56 Å². The standard InChI is InChI=1S/C14H18N4/c1-2-8-16-14-17-12(10-13(15)18-14)9-11-6-4-3-5-7-11/h3-7,10H,2,8-9H2,1H3,(H3,15,16,17,18). The largest absolute Gasteiger partial charge is 0.384 e. The van der Waals surface area contributed by atoms with Crippen molar-refractivity contribution >= 4 is 11.8 Å². The van der Waals surface area contributed by atoms with E-state index >= 15 is 0 Å².